The summed E-state index contributed by atoms with van der Waals surface area (Å²) in [5.74, 6) is -3.98. The molecule has 0 fully saturated rings. The van der Waals surface area contributed by atoms with Gasteiger partial charge in [0.2, 0.25) is 17.7 Å². The van der Waals surface area contributed by atoms with Crippen molar-refractivity contribution < 1.29 is 38.9 Å². The summed E-state index contributed by atoms with van der Waals surface area (Å²) in [6, 6.07) is 9.34. The van der Waals surface area contributed by atoms with Crippen LogP contribution in [0.3, 0.4) is 0 Å². The summed E-state index contributed by atoms with van der Waals surface area (Å²) in [4.78, 5) is 68.0. The van der Waals surface area contributed by atoms with E-state index in [1.165, 1.54) is 24.1 Å². The van der Waals surface area contributed by atoms with Crippen LogP contribution in [0.4, 0.5) is 0 Å². The molecule has 0 radical (unpaired) electrons. The van der Waals surface area contributed by atoms with Crippen LogP contribution >= 0.6 is 15.9 Å². The lowest BCUT2D eigenvalue weighted by Crippen LogP contribution is -2.53. The number of nitrogens with one attached hydrogen (secondary N) is 2. The standard InChI is InChI=1S/C36H45BrN4O8/c1-19(13-20(2)15-22(4)49-32(45)18-30(43)24-11-12-29(42)31(44)16-24)14-21(3)35(47)39-23(5)36(48)41(6)28(34(38)46)17-26-25-9-7-8-10-27(25)40-33(26)37/h7-13,16,20-23,28,40,42,44H,14-15,17-18H2,1-6H3,(H2,38,46)(H,39,47)/t20-,21-,22-,23-,28+/m0/s1. The van der Waals surface area contributed by atoms with Crippen LogP contribution in [0.2, 0.25) is 0 Å². The number of aromatic hydroxyl groups is 2. The lowest BCUT2D eigenvalue weighted by molar-refractivity contribution is -0.147. The van der Waals surface area contributed by atoms with Gasteiger partial charge in [-0.1, -0.05) is 43.7 Å². The number of carbonyl (C=O) groups excluding carboxylic acids is 5. The van der Waals surface area contributed by atoms with Crippen molar-refractivity contribution in [1.29, 1.82) is 0 Å². The molecule has 1 aromatic heterocycles. The molecule has 3 rings (SSSR count). The van der Waals surface area contributed by atoms with E-state index in [0.29, 0.717) is 17.4 Å². The molecular formula is C36H45BrN4O8. The summed E-state index contributed by atoms with van der Waals surface area (Å²) in [5, 5.41) is 22.7. The molecule has 0 saturated heterocycles. The maximum absolute atomic E-state index is 13.3. The van der Waals surface area contributed by atoms with E-state index in [1.807, 2.05) is 44.2 Å². The lowest BCUT2D eigenvalue weighted by Gasteiger charge is -2.29. The quantitative estimate of drug-likeness (QED) is 0.0450. The number of Topliss-reactive ketones (excluding diaryl/α,β-unsaturated/α-hetero) is 1. The minimum atomic E-state index is -0.942. The number of ketones is 1. The van der Waals surface area contributed by atoms with Gasteiger partial charge in [0, 0.05) is 35.9 Å². The van der Waals surface area contributed by atoms with Crippen molar-refractivity contribution in [2.75, 3.05) is 7.05 Å². The Balaban J connectivity index is 1.49. The number of amides is 3. The van der Waals surface area contributed by atoms with Gasteiger partial charge in [-0.15, -0.1) is 0 Å². The number of phenols is 2. The molecule has 0 bridgehead atoms. The average molecular weight is 742 g/mol. The Morgan fingerprint density at radius 3 is 2.37 bits per heavy atom. The first kappa shape index (κ1) is 38.8. The SMILES string of the molecule is CC(=C[C@H](C)C[C@H](C)OC(=O)CC(=O)c1ccc(O)c(O)c1)C[C@H](C)C(=O)N[C@@H](C)C(=O)N(C)[C@H](Cc1c(Br)[nH]c2ccccc12)C(N)=O. The monoisotopic (exact) mass is 740 g/mol. The number of aromatic nitrogens is 1. The number of aromatic amines is 1. The molecule has 0 aliphatic rings. The van der Waals surface area contributed by atoms with Gasteiger partial charge in [-0.25, -0.2) is 0 Å². The number of fused-ring (bicyclic) bond motifs is 1. The molecule has 0 spiro atoms. The molecule has 0 unspecified atom stereocenters. The molecule has 264 valence electrons. The van der Waals surface area contributed by atoms with Crippen molar-refractivity contribution in [2.45, 2.75) is 78.5 Å². The molecule has 6 N–H and O–H groups in total. The van der Waals surface area contributed by atoms with Gasteiger partial charge in [0.05, 0.1) is 10.7 Å². The van der Waals surface area contributed by atoms with Gasteiger partial charge in [0.1, 0.15) is 18.5 Å². The van der Waals surface area contributed by atoms with Gasteiger partial charge >= 0.3 is 5.97 Å². The summed E-state index contributed by atoms with van der Waals surface area (Å²) in [6.45, 7) is 8.89. The van der Waals surface area contributed by atoms with Crippen molar-refractivity contribution >= 4 is 56.3 Å². The maximum Gasteiger partial charge on any atom is 0.313 e. The molecule has 0 saturated carbocycles. The minimum absolute atomic E-state index is 0.0140. The minimum Gasteiger partial charge on any atom is -0.504 e. The van der Waals surface area contributed by atoms with Gasteiger partial charge in [-0.3, -0.25) is 24.0 Å². The molecule has 12 nitrogen and oxygen atoms in total. The molecule has 3 amide bonds. The van der Waals surface area contributed by atoms with E-state index in [9.17, 15) is 34.2 Å². The van der Waals surface area contributed by atoms with Crippen LogP contribution in [0.25, 0.3) is 10.9 Å². The predicted molar refractivity (Wildman–Crippen MR) is 189 cm³/mol. The van der Waals surface area contributed by atoms with E-state index in [2.05, 4.69) is 26.2 Å². The average Bonchev–Trinajstić information content (AvgIpc) is 3.33. The topological polar surface area (TPSA) is 192 Å². The number of rotatable bonds is 16. The van der Waals surface area contributed by atoms with Gasteiger partial charge in [-0.05, 0) is 85.3 Å². The van der Waals surface area contributed by atoms with Crippen molar-refractivity contribution in [2.24, 2.45) is 17.6 Å². The van der Waals surface area contributed by atoms with Crippen molar-refractivity contribution in [3.05, 3.63) is 69.8 Å². The van der Waals surface area contributed by atoms with Crippen LogP contribution in [0.1, 0.15) is 69.8 Å². The number of primary amides is 1. The highest BCUT2D eigenvalue weighted by atomic mass is 79.9. The van der Waals surface area contributed by atoms with E-state index >= 15 is 0 Å². The predicted octanol–water partition coefficient (Wildman–Crippen LogP) is 4.90. The summed E-state index contributed by atoms with van der Waals surface area (Å²) >= 11 is 3.51. The van der Waals surface area contributed by atoms with E-state index in [0.717, 1.165) is 28.1 Å². The third-order valence-corrected chi connectivity index (χ3v) is 8.99. The molecule has 1 heterocycles. The number of carbonyl (C=O) groups is 5. The van der Waals surface area contributed by atoms with Crippen molar-refractivity contribution in [1.82, 2.24) is 15.2 Å². The smallest absolute Gasteiger partial charge is 0.313 e. The number of hydrogen-bond donors (Lipinski definition) is 5. The number of esters is 1. The Bertz CT molecular complexity index is 1730. The Kier molecular flexibility index (Phi) is 13.6. The number of ether oxygens (including phenoxy) is 1. The van der Waals surface area contributed by atoms with Gasteiger partial charge < -0.3 is 35.9 Å². The number of benzene rings is 2. The number of nitrogens with two attached hydrogens (primary N) is 1. The fourth-order valence-electron chi connectivity index (χ4n) is 5.83. The highest BCUT2D eigenvalue weighted by Crippen LogP contribution is 2.29. The number of likely N-dealkylation sites (N-methyl/N-ethyl adjacent to an activating group) is 1. The molecular weight excluding hydrogens is 696 g/mol. The maximum atomic E-state index is 13.3. The van der Waals surface area contributed by atoms with E-state index in [1.54, 1.807) is 20.8 Å². The van der Waals surface area contributed by atoms with E-state index in [-0.39, 0.29) is 29.6 Å². The zero-order chi connectivity index (χ0) is 36.6. The van der Waals surface area contributed by atoms with E-state index < -0.39 is 59.8 Å². The largest absolute Gasteiger partial charge is 0.504 e. The zero-order valence-corrected chi connectivity index (χ0v) is 30.2. The number of halogens is 1. The fraction of sp³-hybridized carbons (Fsp3) is 0.417. The second-order valence-corrected chi connectivity index (χ2v) is 13.5. The fourth-order valence-corrected chi connectivity index (χ4v) is 6.42. The van der Waals surface area contributed by atoms with Gasteiger partial charge in [0.15, 0.2) is 17.3 Å². The van der Waals surface area contributed by atoms with Crippen molar-refractivity contribution in [3.63, 3.8) is 0 Å². The number of hydrogen-bond acceptors (Lipinski definition) is 8. The molecule has 3 aromatic rings. The number of allylic oxidation sites excluding steroid dienone is 2. The summed E-state index contributed by atoms with van der Waals surface area (Å²) in [6.07, 6.45) is 2.08. The van der Waals surface area contributed by atoms with Crippen LogP contribution in [0.15, 0.2) is 58.7 Å². The third kappa shape index (κ3) is 10.7. The number of phenolic OH excluding ortho intramolecular Hbond substituents is 2. The number of H-pyrrole nitrogens is 1. The molecule has 49 heavy (non-hydrogen) atoms. The van der Waals surface area contributed by atoms with Crippen LogP contribution in [-0.4, -0.2) is 74.8 Å². The van der Waals surface area contributed by atoms with Crippen LogP contribution in [-0.2, 0) is 30.3 Å². The Hall–Kier alpha value is -4.65. The third-order valence-electron chi connectivity index (χ3n) is 8.32. The molecule has 2 aromatic carbocycles. The number of para-hydroxylation sites is 1. The second-order valence-electron chi connectivity index (χ2n) is 12.7. The van der Waals surface area contributed by atoms with Crippen LogP contribution < -0.4 is 11.1 Å². The summed E-state index contributed by atoms with van der Waals surface area (Å²) in [5.41, 5.74) is 8.45. The van der Waals surface area contributed by atoms with Gasteiger partial charge in [0.25, 0.3) is 0 Å². The second kappa shape index (κ2) is 17.1. The van der Waals surface area contributed by atoms with Crippen LogP contribution in [0.5, 0.6) is 11.5 Å². The molecule has 5 atom stereocenters. The Morgan fingerprint density at radius 1 is 1.04 bits per heavy atom. The van der Waals surface area contributed by atoms with Crippen LogP contribution in [0, 0.1) is 11.8 Å². The highest BCUT2D eigenvalue weighted by Gasteiger charge is 2.31. The first-order valence-electron chi connectivity index (χ1n) is 16.0. The first-order valence-corrected chi connectivity index (χ1v) is 16.8. The zero-order valence-electron chi connectivity index (χ0n) is 28.6. The summed E-state index contributed by atoms with van der Waals surface area (Å²) in [7, 11) is 1.50. The first-order chi connectivity index (χ1) is 23.0. The lowest BCUT2D eigenvalue weighted by atomic mass is 9.95. The Labute approximate surface area is 294 Å². The normalized spacial score (nSPS) is 14.7. The molecule has 0 aliphatic carbocycles. The van der Waals surface area contributed by atoms with Crippen molar-refractivity contribution in [3.8, 4) is 11.5 Å². The summed E-state index contributed by atoms with van der Waals surface area (Å²) < 4.78 is 6.10. The number of nitrogens with zero attached hydrogens (tertiary/aromatic N) is 1. The van der Waals surface area contributed by atoms with Gasteiger partial charge in [-0.2, -0.15) is 0 Å². The molecule has 0 aliphatic heterocycles. The Morgan fingerprint density at radius 2 is 1.71 bits per heavy atom. The van der Waals surface area contributed by atoms with E-state index in [4.69, 9.17) is 10.5 Å². The highest BCUT2D eigenvalue weighted by molar-refractivity contribution is 9.10. The molecule has 13 heteroatoms.